The van der Waals surface area contributed by atoms with Crippen molar-refractivity contribution in [2.75, 3.05) is 0 Å². The second-order valence-corrected chi connectivity index (χ2v) is 3.73. The monoisotopic (exact) mass is 223 g/mol. The minimum atomic E-state index is -0.455. The summed E-state index contributed by atoms with van der Waals surface area (Å²) in [4.78, 5) is 10.6. The van der Waals surface area contributed by atoms with Crippen LogP contribution in [0.4, 0.5) is 5.00 Å². The minimum absolute atomic E-state index is 0.0502. The average Bonchev–Trinajstić information content (AvgIpc) is 2.68. The van der Waals surface area contributed by atoms with Crippen LogP contribution < -0.4 is 0 Å². The zero-order chi connectivity index (χ0) is 10.8. The fourth-order valence-electron chi connectivity index (χ4n) is 0.924. The normalized spacial score (nSPS) is 10.2. The summed E-state index contributed by atoms with van der Waals surface area (Å²) in [7, 11) is 0. The zero-order valence-corrected chi connectivity index (χ0v) is 8.43. The predicted octanol–water partition coefficient (Wildman–Crippen LogP) is 1.21. The van der Waals surface area contributed by atoms with Crippen molar-refractivity contribution in [3.63, 3.8) is 0 Å². The summed E-state index contributed by atoms with van der Waals surface area (Å²) in [5, 5.41) is 25.5. The summed E-state index contributed by atoms with van der Waals surface area (Å²) in [5.41, 5.74) is 0. The maximum Gasteiger partial charge on any atom is 0.324 e. The fourth-order valence-corrected chi connectivity index (χ4v) is 1.67. The summed E-state index contributed by atoms with van der Waals surface area (Å²) in [6, 6.07) is 2.99. The first-order valence-corrected chi connectivity index (χ1v) is 4.77. The molecule has 0 amide bonds. The third-order valence-corrected chi connectivity index (χ3v) is 2.60. The van der Waals surface area contributed by atoms with E-state index in [1.54, 1.807) is 13.0 Å². The highest BCUT2D eigenvalue weighted by molar-refractivity contribution is 7.18. The van der Waals surface area contributed by atoms with Gasteiger partial charge in [0.2, 0.25) is 5.82 Å². The van der Waals surface area contributed by atoms with Crippen molar-refractivity contribution >= 4 is 16.3 Å². The van der Waals surface area contributed by atoms with Crippen LogP contribution in [-0.2, 0) is 0 Å². The zero-order valence-electron chi connectivity index (χ0n) is 7.62. The van der Waals surface area contributed by atoms with Crippen molar-refractivity contribution < 1.29 is 4.92 Å². The molecule has 0 N–H and O–H groups in total. The van der Waals surface area contributed by atoms with Crippen LogP contribution in [0.15, 0.2) is 12.1 Å². The maximum absolute atomic E-state index is 10.4. The third-order valence-electron chi connectivity index (χ3n) is 1.57. The van der Waals surface area contributed by atoms with E-state index in [1.807, 2.05) is 0 Å². The molecular weight excluding hydrogens is 218 g/mol. The molecule has 0 aromatic carbocycles. The highest BCUT2D eigenvalue weighted by atomic mass is 32.1. The van der Waals surface area contributed by atoms with Crippen molar-refractivity contribution in [1.82, 2.24) is 20.4 Å². The average molecular weight is 223 g/mol. The molecule has 2 heterocycles. The van der Waals surface area contributed by atoms with Crippen molar-refractivity contribution in [3.8, 4) is 10.7 Å². The van der Waals surface area contributed by atoms with Crippen LogP contribution in [-0.4, -0.2) is 25.3 Å². The van der Waals surface area contributed by atoms with Crippen LogP contribution in [0, 0.1) is 17.0 Å². The molecule has 0 radical (unpaired) electrons. The number of nitrogens with zero attached hydrogens (tertiary/aromatic N) is 5. The molecule has 0 saturated carbocycles. The highest BCUT2D eigenvalue weighted by Crippen LogP contribution is 2.29. The van der Waals surface area contributed by atoms with Crippen LogP contribution in [0.3, 0.4) is 0 Å². The van der Waals surface area contributed by atoms with Gasteiger partial charge in [-0.3, -0.25) is 10.1 Å². The first-order chi connectivity index (χ1) is 7.16. The molecule has 0 unspecified atom stereocenters. The lowest BCUT2D eigenvalue weighted by Gasteiger charge is -1.91. The molecule has 2 aromatic rings. The van der Waals surface area contributed by atoms with Gasteiger partial charge in [-0.2, -0.15) is 0 Å². The van der Waals surface area contributed by atoms with Gasteiger partial charge in [-0.25, -0.2) is 0 Å². The molecule has 2 rings (SSSR count). The molecule has 0 saturated heterocycles. The number of hydrogen-bond acceptors (Lipinski definition) is 7. The lowest BCUT2D eigenvalue weighted by molar-refractivity contribution is -0.380. The van der Waals surface area contributed by atoms with E-state index in [0.717, 1.165) is 11.3 Å². The van der Waals surface area contributed by atoms with Crippen LogP contribution in [0.25, 0.3) is 10.7 Å². The Bertz CT molecular complexity index is 494. The van der Waals surface area contributed by atoms with Gasteiger partial charge in [0.05, 0.1) is 9.80 Å². The first-order valence-electron chi connectivity index (χ1n) is 3.95. The summed E-state index contributed by atoms with van der Waals surface area (Å²) in [6.07, 6.45) is 0. The Balaban J connectivity index is 2.37. The summed E-state index contributed by atoms with van der Waals surface area (Å²) in [5.74, 6) is 0.767. The first kappa shape index (κ1) is 9.59. The number of nitro groups is 1. The highest BCUT2D eigenvalue weighted by Gasteiger charge is 2.13. The number of rotatable bonds is 2. The Morgan fingerprint density at radius 1 is 1.27 bits per heavy atom. The fraction of sp³-hybridized carbons (Fsp3) is 0.143. The molecule has 76 valence electrons. The largest absolute Gasteiger partial charge is 0.324 e. The van der Waals surface area contributed by atoms with Crippen molar-refractivity contribution in [2.45, 2.75) is 6.92 Å². The lowest BCUT2D eigenvalue weighted by Crippen LogP contribution is -1.97. The lowest BCUT2D eigenvalue weighted by atomic mass is 10.4. The van der Waals surface area contributed by atoms with Crippen LogP contribution in [0.2, 0.25) is 0 Å². The van der Waals surface area contributed by atoms with Crippen LogP contribution in [0.5, 0.6) is 0 Å². The van der Waals surface area contributed by atoms with Gasteiger partial charge in [0.15, 0.2) is 5.82 Å². The number of aryl methyl sites for hydroxylation is 1. The Morgan fingerprint density at radius 3 is 2.47 bits per heavy atom. The van der Waals surface area contributed by atoms with Gasteiger partial charge in [0, 0.05) is 6.07 Å². The van der Waals surface area contributed by atoms with E-state index < -0.39 is 4.92 Å². The smallest absolute Gasteiger partial charge is 0.258 e. The molecule has 0 aliphatic rings. The Kier molecular flexibility index (Phi) is 2.34. The van der Waals surface area contributed by atoms with Crippen molar-refractivity contribution in [2.24, 2.45) is 0 Å². The van der Waals surface area contributed by atoms with Gasteiger partial charge in [0.1, 0.15) is 0 Å². The molecule has 15 heavy (non-hydrogen) atoms. The summed E-state index contributed by atoms with van der Waals surface area (Å²) >= 11 is 0.996. The van der Waals surface area contributed by atoms with Crippen LogP contribution in [0.1, 0.15) is 5.82 Å². The standard InChI is InChI=1S/C7H5N5O2S/c1-4-8-10-7(11-9-4)5-2-3-6(15-5)12(13)14/h2-3H,1H3. The van der Waals surface area contributed by atoms with E-state index in [2.05, 4.69) is 20.4 Å². The van der Waals surface area contributed by atoms with Crippen molar-refractivity contribution in [3.05, 3.63) is 28.1 Å². The molecule has 0 aliphatic heterocycles. The molecule has 7 nitrogen and oxygen atoms in total. The van der Waals surface area contributed by atoms with Gasteiger partial charge in [0.25, 0.3) is 0 Å². The minimum Gasteiger partial charge on any atom is -0.258 e. The molecule has 0 aliphatic carbocycles. The second-order valence-electron chi connectivity index (χ2n) is 2.67. The van der Waals surface area contributed by atoms with Gasteiger partial charge >= 0.3 is 5.00 Å². The molecule has 0 atom stereocenters. The van der Waals surface area contributed by atoms with Crippen molar-refractivity contribution in [1.29, 1.82) is 0 Å². The molecule has 0 fully saturated rings. The van der Waals surface area contributed by atoms with E-state index >= 15 is 0 Å². The number of thiophene rings is 1. The number of hydrogen-bond donors (Lipinski definition) is 0. The van der Waals surface area contributed by atoms with Crippen LogP contribution >= 0.6 is 11.3 Å². The Labute approximate surface area is 88.0 Å². The quantitative estimate of drug-likeness (QED) is 0.561. The van der Waals surface area contributed by atoms with E-state index in [1.165, 1.54) is 6.07 Å². The molecule has 0 spiro atoms. The van der Waals surface area contributed by atoms with Gasteiger partial charge in [-0.1, -0.05) is 11.3 Å². The van der Waals surface area contributed by atoms with Gasteiger partial charge in [-0.05, 0) is 13.0 Å². The van der Waals surface area contributed by atoms with E-state index in [-0.39, 0.29) is 5.00 Å². The Morgan fingerprint density at radius 2 is 1.93 bits per heavy atom. The second kappa shape index (κ2) is 3.65. The summed E-state index contributed by atoms with van der Waals surface area (Å²) < 4.78 is 0. The predicted molar refractivity (Wildman–Crippen MR) is 52.3 cm³/mol. The van der Waals surface area contributed by atoms with E-state index in [9.17, 15) is 10.1 Å². The van der Waals surface area contributed by atoms with Gasteiger partial charge < -0.3 is 0 Å². The maximum atomic E-state index is 10.4. The van der Waals surface area contributed by atoms with E-state index in [0.29, 0.717) is 16.5 Å². The topological polar surface area (TPSA) is 94.7 Å². The summed E-state index contributed by atoms with van der Waals surface area (Å²) in [6.45, 7) is 1.67. The SMILES string of the molecule is Cc1nnc(-c2ccc([N+](=O)[O-])s2)nn1. The molecule has 8 heteroatoms. The molecule has 2 aromatic heterocycles. The van der Waals surface area contributed by atoms with E-state index in [4.69, 9.17) is 0 Å². The number of aromatic nitrogens is 4. The Hall–Kier alpha value is -1.96. The molecule has 0 bridgehead atoms. The molecular formula is C7H5N5O2S. The third kappa shape index (κ3) is 1.94. The van der Waals surface area contributed by atoms with Gasteiger partial charge in [-0.15, -0.1) is 20.4 Å².